The topological polar surface area (TPSA) is 26.3 Å². The van der Waals surface area contributed by atoms with Gasteiger partial charge in [0.15, 0.2) is 5.78 Å². The molecule has 0 aliphatic carbocycles. The Kier molecular flexibility index (Phi) is 6.12. The van der Waals surface area contributed by atoms with E-state index in [0.717, 1.165) is 23.8 Å². The van der Waals surface area contributed by atoms with Crippen LogP contribution in [-0.4, -0.2) is 5.78 Å². The van der Waals surface area contributed by atoms with Crippen LogP contribution in [0.5, 0.6) is 5.75 Å². The molecular weight excluding hydrogens is 384 g/mol. The normalized spacial score (nSPS) is 11.6. The fourth-order valence-electron chi connectivity index (χ4n) is 2.60. The standard InChI is InChI=1S/C23H16F4O2/c24-19-11-13-22(29-15-17-4-2-1-3-5-17)20(14-19)21(28)12-8-16-6-9-18(10-7-16)23(25,26)27/h1-14H,15H2/b12-8-. The molecular formula is C23H16F4O2. The lowest BCUT2D eigenvalue weighted by Crippen LogP contribution is -2.04. The second-order valence-corrected chi connectivity index (χ2v) is 6.23. The molecule has 0 bridgehead atoms. The van der Waals surface area contributed by atoms with Gasteiger partial charge >= 0.3 is 6.18 Å². The van der Waals surface area contributed by atoms with Crippen LogP contribution in [0.2, 0.25) is 0 Å². The molecule has 3 aromatic carbocycles. The summed E-state index contributed by atoms with van der Waals surface area (Å²) in [4.78, 5) is 12.5. The smallest absolute Gasteiger partial charge is 0.416 e. The van der Waals surface area contributed by atoms with Crippen molar-refractivity contribution in [3.63, 3.8) is 0 Å². The summed E-state index contributed by atoms with van der Waals surface area (Å²) in [5, 5.41) is 0. The summed E-state index contributed by atoms with van der Waals surface area (Å²) in [7, 11) is 0. The number of carbonyl (C=O) groups is 1. The number of alkyl halides is 3. The first-order valence-corrected chi connectivity index (χ1v) is 8.69. The third-order valence-electron chi connectivity index (χ3n) is 4.11. The molecule has 0 fully saturated rings. The molecule has 0 N–H and O–H groups in total. The van der Waals surface area contributed by atoms with Crippen LogP contribution in [0.1, 0.15) is 27.0 Å². The lowest BCUT2D eigenvalue weighted by molar-refractivity contribution is -0.137. The number of ether oxygens (including phenoxy) is 1. The van der Waals surface area contributed by atoms with Gasteiger partial charge < -0.3 is 4.74 Å². The van der Waals surface area contributed by atoms with Crippen molar-refractivity contribution in [2.75, 3.05) is 0 Å². The number of hydrogen-bond acceptors (Lipinski definition) is 2. The SMILES string of the molecule is O=C(/C=C\c1ccc(C(F)(F)F)cc1)c1cc(F)ccc1OCc1ccccc1. The molecule has 0 saturated carbocycles. The summed E-state index contributed by atoms with van der Waals surface area (Å²) >= 11 is 0. The minimum Gasteiger partial charge on any atom is -0.488 e. The fraction of sp³-hybridized carbons (Fsp3) is 0.0870. The first-order valence-electron chi connectivity index (χ1n) is 8.69. The maximum Gasteiger partial charge on any atom is 0.416 e. The molecule has 0 heterocycles. The third kappa shape index (κ3) is 5.54. The molecule has 2 nitrogen and oxygen atoms in total. The fourth-order valence-corrected chi connectivity index (χ4v) is 2.60. The Morgan fingerprint density at radius 1 is 0.931 bits per heavy atom. The second-order valence-electron chi connectivity index (χ2n) is 6.23. The van der Waals surface area contributed by atoms with Crippen molar-refractivity contribution in [3.8, 4) is 5.75 Å². The molecule has 0 aromatic heterocycles. The zero-order chi connectivity index (χ0) is 20.9. The van der Waals surface area contributed by atoms with E-state index in [1.54, 1.807) is 0 Å². The van der Waals surface area contributed by atoms with Gasteiger partial charge in [-0.05, 0) is 47.5 Å². The summed E-state index contributed by atoms with van der Waals surface area (Å²) in [6, 6.07) is 17.3. The third-order valence-corrected chi connectivity index (χ3v) is 4.11. The predicted octanol–water partition coefficient (Wildman–Crippen LogP) is 6.32. The van der Waals surface area contributed by atoms with E-state index in [0.29, 0.717) is 5.56 Å². The Morgan fingerprint density at radius 3 is 2.28 bits per heavy atom. The van der Waals surface area contributed by atoms with E-state index < -0.39 is 23.3 Å². The number of benzene rings is 3. The number of ketones is 1. The van der Waals surface area contributed by atoms with Crippen molar-refractivity contribution >= 4 is 11.9 Å². The quantitative estimate of drug-likeness (QED) is 0.275. The van der Waals surface area contributed by atoms with Crippen molar-refractivity contribution < 1.29 is 27.1 Å². The van der Waals surface area contributed by atoms with E-state index in [1.165, 1.54) is 36.4 Å². The highest BCUT2D eigenvalue weighted by Gasteiger charge is 2.29. The Hall–Kier alpha value is -3.41. The van der Waals surface area contributed by atoms with Crippen LogP contribution in [0.15, 0.2) is 78.9 Å². The van der Waals surface area contributed by atoms with E-state index in [9.17, 15) is 22.4 Å². The number of carbonyl (C=O) groups excluding carboxylic acids is 1. The van der Waals surface area contributed by atoms with Gasteiger partial charge in [0, 0.05) is 0 Å². The van der Waals surface area contributed by atoms with Crippen LogP contribution in [0, 0.1) is 5.82 Å². The van der Waals surface area contributed by atoms with Gasteiger partial charge in [0.1, 0.15) is 18.2 Å². The van der Waals surface area contributed by atoms with Crippen molar-refractivity contribution in [1.29, 1.82) is 0 Å². The van der Waals surface area contributed by atoms with Crippen LogP contribution < -0.4 is 4.74 Å². The Morgan fingerprint density at radius 2 is 1.62 bits per heavy atom. The summed E-state index contributed by atoms with van der Waals surface area (Å²) in [5.41, 5.74) is 0.553. The Balaban J connectivity index is 1.76. The van der Waals surface area contributed by atoms with Crippen molar-refractivity contribution in [2.24, 2.45) is 0 Å². The summed E-state index contributed by atoms with van der Waals surface area (Å²) in [5.74, 6) is -0.895. The lowest BCUT2D eigenvalue weighted by Gasteiger charge is -2.10. The summed E-state index contributed by atoms with van der Waals surface area (Å²) in [6.45, 7) is 0.204. The van der Waals surface area contributed by atoms with Gasteiger partial charge in [-0.15, -0.1) is 0 Å². The highest BCUT2D eigenvalue weighted by atomic mass is 19.4. The molecule has 148 valence electrons. The monoisotopic (exact) mass is 400 g/mol. The first-order chi connectivity index (χ1) is 13.8. The van der Waals surface area contributed by atoms with Crippen molar-refractivity contribution in [3.05, 3.63) is 107 Å². The highest BCUT2D eigenvalue weighted by Crippen LogP contribution is 2.29. The van der Waals surface area contributed by atoms with Crippen LogP contribution >= 0.6 is 0 Å². The predicted molar refractivity (Wildman–Crippen MR) is 102 cm³/mol. The van der Waals surface area contributed by atoms with Crippen LogP contribution in [-0.2, 0) is 12.8 Å². The average Bonchev–Trinajstić information content (AvgIpc) is 2.71. The maximum atomic E-state index is 13.7. The van der Waals surface area contributed by atoms with E-state index in [-0.39, 0.29) is 17.9 Å². The van der Waals surface area contributed by atoms with E-state index in [1.807, 2.05) is 30.3 Å². The van der Waals surface area contributed by atoms with Crippen molar-refractivity contribution in [1.82, 2.24) is 0 Å². The van der Waals surface area contributed by atoms with Gasteiger partial charge in [-0.25, -0.2) is 4.39 Å². The molecule has 6 heteroatoms. The molecule has 0 saturated heterocycles. The zero-order valence-corrected chi connectivity index (χ0v) is 15.1. The molecule has 0 atom stereocenters. The van der Waals surface area contributed by atoms with E-state index >= 15 is 0 Å². The van der Waals surface area contributed by atoms with E-state index in [4.69, 9.17) is 4.74 Å². The molecule has 0 radical (unpaired) electrons. The van der Waals surface area contributed by atoms with Gasteiger partial charge in [0.2, 0.25) is 0 Å². The summed E-state index contributed by atoms with van der Waals surface area (Å²) < 4.78 is 57.1. The first kappa shape index (κ1) is 20.3. The average molecular weight is 400 g/mol. The lowest BCUT2D eigenvalue weighted by atomic mass is 10.1. The summed E-state index contributed by atoms with van der Waals surface area (Å²) in [6.07, 6.45) is -1.88. The van der Waals surface area contributed by atoms with Gasteiger partial charge in [0.05, 0.1) is 11.1 Å². The molecule has 0 aliphatic rings. The molecule has 0 amide bonds. The highest BCUT2D eigenvalue weighted by molar-refractivity contribution is 6.08. The molecule has 0 unspecified atom stereocenters. The van der Waals surface area contributed by atoms with Gasteiger partial charge in [-0.1, -0.05) is 48.5 Å². The number of hydrogen-bond donors (Lipinski definition) is 0. The molecule has 3 aromatic rings. The van der Waals surface area contributed by atoms with Gasteiger partial charge in [-0.3, -0.25) is 4.79 Å². The largest absolute Gasteiger partial charge is 0.488 e. The minimum atomic E-state index is -4.43. The number of allylic oxidation sites excluding steroid dienone is 1. The van der Waals surface area contributed by atoms with Crippen LogP contribution in [0.3, 0.4) is 0 Å². The Labute approximate surface area is 165 Å². The van der Waals surface area contributed by atoms with Gasteiger partial charge in [0.25, 0.3) is 0 Å². The molecule has 0 aliphatic heterocycles. The number of halogens is 4. The van der Waals surface area contributed by atoms with Crippen LogP contribution in [0.25, 0.3) is 6.08 Å². The number of rotatable bonds is 6. The molecule has 0 spiro atoms. The zero-order valence-electron chi connectivity index (χ0n) is 15.1. The van der Waals surface area contributed by atoms with Crippen LogP contribution in [0.4, 0.5) is 17.6 Å². The van der Waals surface area contributed by atoms with Gasteiger partial charge in [-0.2, -0.15) is 13.2 Å². The molecule has 3 rings (SSSR count). The Bertz CT molecular complexity index is 1010. The minimum absolute atomic E-state index is 0.0316. The maximum absolute atomic E-state index is 13.7. The molecule has 29 heavy (non-hydrogen) atoms. The van der Waals surface area contributed by atoms with Crippen molar-refractivity contribution in [2.45, 2.75) is 12.8 Å². The second kappa shape index (κ2) is 8.73. The van der Waals surface area contributed by atoms with E-state index in [2.05, 4.69) is 0 Å².